The number of aromatic amines is 3. The number of fused-ring (bicyclic) bond motifs is 1. The van der Waals surface area contributed by atoms with E-state index in [1.165, 1.54) is 6.33 Å². The minimum atomic E-state index is -0.265. The summed E-state index contributed by atoms with van der Waals surface area (Å²) in [5.74, 6) is 0. The van der Waals surface area contributed by atoms with Crippen molar-refractivity contribution in [2.45, 2.75) is 0 Å². The molecule has 0 aromatic carbocycles. The monoisotopic (exact) mass is 216 g/mol. The van der Waals surface area contributed by atoms with Gasteiger partial charge in [-0.15, -0.1) is 0 Å². The molecule has 6 heteroatoms. The van der Waals surface area contributed by atoms with Crippen LogP contribution in [0.25, 0.3) is 11.2 Å². The zero-order valence-corrected chi connectivity index (χ0v) is 7.05. The van der Waals surface area contributed by atoms with Crippen molar-refractivity contribution in [3.63, 3.8) is 0 Å². The van der Waals surface area contributed by atoms with Crippen LogP contribution in [0, 0.1) is 4.19 Å². The zero-order chi connectivity index (χ0) is 7.84. The van der Waals surface area contributed by atoms with Gasteiger partial charge in [-0.1, -0.05) is 0 Å². The third-order valence-electron chi connectivity index (χ3n) is 1.33. The molecule has 2 aromatic heterocycles. The summed E-state index contributed by atoms with van der Waals surface area (Å²) in [6.07, 6.45) is 1.52. The molecule has 0 aliphatic heterocycles. The van der Waals surface area contributed by atoms with Crippen LogP contribution < -0.4 is 5.69 Å². The van der Waals surface area contributed by atoms with Crippen molar-refractivity contribution < 1.29 is 0 Å². The van der Waals surface area contributed by atoms with E-state index in [9.17, 15) is 4.79 Å². The fraction of sp³-hybridized carbons (Fsp3) is 0. The number of hydrogen-bond donors (Lipinski definition) is 3. The quantitative estimate of drug-likeness (QED) is 0.507. The Morgan fingerprint density at radius 2 is 2.27 bits per heavy atom. The molecule has 3 N–H and O–H groups in total. The Morgan fingerprint density at radius 3 is 3.09 bits per heavy atom. The van der Waals surface area contributed by atoms with E-state index >= 15 is 0 Å². The number of hydrogen-bond acceptors (Lipinski definition) is 2. The molecule has 0 aliphatic rings. The minimum absolute atomic E-state index is 0.265. The average molecular weight is 215 g/mol. The van der Waals surface area contributed by atoms with Gasteiger partial charge in [0, 0.05) is 0 Å². The van der Waals surface area contributed by atoms with Crippen molar-refractivity contribution >= 4 is 26.7 Å². The molecule has 0 fully saturated rings. The van der Waals surface area contributed by atoms with Crippen LogP contribution in [-0.2, 0) is 0 Å². The molecule has 5 nitrogen and oxygen atoms in total. The van der Waals surface area contributed by atoms with Crippen LogP contribution in [0.5, 0.6) is 0 Å². The summed E-state index contributed by atoms with van der Waals surface area (Å²) in [6.45, 7) is 0. The van der Waals surface area contributed by atoms with E-state index in [0.29, 0.717) is 9.84 Å². The summed E-state index contributed by atoms with van der Waals surface area (Å²) in [5.41, 5.74) is 1.07. The van der Waals surface area contributed by atoms with Crippen LogP contribution in [-0.4, -0.2) is 35.5 Å². The molecule has 0 spiro atoms. The van der Waals surface area contributed by atoms with Crippen molar-refractivity contribution in [3.8, 4) is 0 Å². The van der Waals surface area contributed by atoms with Crippen LogP contribution >= 0.6 is 0 Å². The van der Waals surface area contributed by atoms with Gasteiger partial charge in [0.05, 0.1) is 0 Å². The number of rotatable bonds is 0. The van der Waals surface area contributed by atoms with E-state index < -0.39 is 0 Å². The first-order valence-electron chi connectivity index (χ1n) is 2.93. The first-order valence-corrected chi connectivity index (χ1v) is 3.79. The van der Waals surface area contributed by atoms with E-state index in [1.54, 1.807) is 0 Å². The molecule has 2 heterocycles. The molecular weight excluding hydrogens is 211 g/mol. The third-order valence-corrected chi connectivity index (χ3v) is 1.97. The molecule has 2 aromatic rings. The van der Waals surface area contributed by atoms with Gasteiger partial charge in [-0.2, -0.15) is 0 Å². The van der Waals surface area contributed by atoms with E-state index in [-0.39, 0.29) is 5.69 Å². The second-order valence-electron chi connectivity index (χ2n) is 2.03. The van der Waals surface area contributed by atoms with Crippen molar-refractivity contribution in [2.24, 2.45) is 0 Å². The maximum absolute atomic E-state index is 10.8. The van der Waals surface area contributed by atoms with Crippen LogP contribution in [0.3, 0.4) is 0 Å². The van der Waals surface area contributed by atoms with Gasteiger partial charge < -0.3 is 0 Å². The van der Waals surface area contributed by atoms with E-state index in [2.05, 4.69) is 35.5 Å². The van der Waals surface area contributed by atoms with Gasteiger partial charge >= 0.3 is 67.7 Å². The fourth-order valence-electron chi connectivity index (χ4n) is 0.867. The van der Waals surface area contributed by atoms with Gasteiger partial charge in [-0.3, -0.25) is 0 Å². The number of nitrogens with one attached hydrogen (secondary N) is 3. The van der Waals surface area contributed by atoms with Crippen molar-refractivity contribution in [3.05, 3.63) is 21.0 Å². The molecule has 11 heavy (non-hydrogen) atoms. The standard InChI is InChI=1S/C5H4N4OSe/c10-5-8-3-2(4(11)9-5)6-1-7-3/h1H,(H3,6,7,8,9,10,11). The van der Waals surface area contributed by atoms with E-state index in [4.69, 9.17) is 0 Å². The molecule has 0 aliphatic carbocycles. The van der Waals surface area contributed by atoms with Crippen LogP contribution in [0.2, 0.25) is 0 Å². The summed E-state index contributed by atoms with van der Waals surface area (Å²) < 4.78 is 0.668. The number of nitrogens with zero attached hydrogens (tertiary/aromatic N) is 1. The molecule has 0 saturated heterocycles. The summed E-state index contributed by atoms with van der Waals surface area (Å²) in [7, 11) is 0. The normalized spacial score (nSPS) is 10.5. The van der Waals surface area contributed by atoms with Gasteiger partial charge in [0.2, 0.25) is 0 Å². The Hall–Kier alpha value is -1.13. The summed E-state index contributed by atoms with van der Waals surface area (Å²) in [4.78, 5) is 22.7. The molecule has 0 radical (unpaired) electrons. The Labute approximate surface area is 68.2 Å². The topological polar surface area (TPSA) is 77.3 Å². The third kappa shape index (κ3) is 0.961. The summed E-state index contributed by atoms with van der Waals surface area (Å²) in [5, 5.41) is 0. The van der Waals surface area contributed by atoms with Gasteiger partial charge in [-0.25, -0.2) is 0 Å². The van der Waals surface area contributed by atoms with E-state index in [1.807, 2.05) is 0 Å². The molecule has 0 saturated carbocycles. The molecular formula is C5H4N4OSe. The van der Waals surface area contributed by atoms with Crippen molar-refractivity contribution in [2.75, 3.05) is 0 Å². The predicted molar refractivity (Wildman–Crippen MR) is 40.1 cm³/mol. The number of aromatic nitrogens is 4. The Bertz CT molecular complexity index is 493. The van der Waals surface area contributed by atoms with E-state index in [0.717, 1.165) is 5.52 Å². The SMILES string of the molecule is O=c1[nH]c(=[Se])c2[nH]cnc2[nH]1. The summed E-state index contributed by atoms with van der Waals surface area (Å²) in [6, 6.07) is 0. The first-order chi connectivity index (χ1) is 5.27. The summed E-state index contributed by atoms with van der Waals surface area (Å²) >= 11 is 2.73. The first kappa shape index (κ1) is 6.57. The molecule has 0 amide bonds. The van der Waals surface area contributed by atoms with Crippen LogP contribution in [0.4, 0.5) is 0 Å². The Balaban J connectivity index is 3.15. The van der Waals surface area contributed by atoms with Gasteiger partial charge in [0.25, 0.3) is 0 Å². The molecule has 56 valence electrons. The predicted octanol–water partition coefficient (Wildman–Crippen LogP) is -0.720. The van der Waals surface area contributed by atoms with Crippen LogP contribution in [0.1, 0.15) is 0 Å². The number of H-pyrrole nitrogens is 3. The van der Waals surface area contributed by atoms with Crippen molar-refractivity contribution in [1.29, 1.82) is 0 Å². The van der Waals surface area contributed by atoms with Crippen molar-refractivity contribution in [1.82, 2.24) is 19.9 Å². The Morgan fingerprint density at radius 1 is 1.45 bits per heavy atom. The molecule has 2 rings (SSSR count). The van der Waals surface area contributed by atoms with Gasteiger partial charge in [0.15, 0.2) is 0 Å². The zero-order valence-electron chi connectivity index (χ0n) is 5.34. The van der Waals surface area contributed by atoms with Gasteiger partial charge in [0.1, 0.15) is 0 Å². The fourth-order valence-corrected chi connectivity index (χ4v) is 1.39. The molecule has 0 atom stereocenters. The second kappa shape index (κ2) is 2.18. The second-order valence-corrected chi connectivity index (χ2v) is 2.89. The molecule has 0 bridgehead atoms. The Kier molecular flexibility index (Phi) is 1.30. The number of imidazole rings is 1. The van der Waals surface area contributed by atoms with Crippen LogP contribution in [0.15, 0.2) is 11.1 Å². The average Bonchev–Trinajstić information content (AvgIpc) is 2.34. The molecule has 0 unspecified atom stereocenters. The van der Waals surface area contributed by atoms with Gasteiger partial charge in [-0.05, 0) is 0 Å². The maximum atomic E-state index is 10.8.